The van der Waals surface area contributed by atoms with Gasteiger partial charge >= 0.3 is 0 Å². The van der Waals surface area contributed by atoms with Gasteiger partial charge in [0.2, 0.25) is 0 Å². The fourth-order valence-corrected chi connectivity index (χ4v) is 2.25. The topological polar surface area (TPSA) is 38.5 Å². The third-order valence-corrected chi connectivity index (χ3v) is 3.33. The molecule has 0 atom stereocenters. The monoisotopic (exact) mass is 232 g/mol. The minimum Gasteiger partial charge on any atom is -0.495 e. The number of benzene rings is 1. The van der Waals surface area contributed by atoms with Crippen LogP contribution in [0.1, 0.15) is 17.5 Å². The van der Waals surface area contributed by atoms with Crippen LogP contribution in [0, 0.1) is 6.92 Å². The summed E-state index contributed by atoms with van der Waals surface area (Å²) in [6.45, 7) is 4.23. The molecule has 0 saturated carbocycles. The van der Waals surface area contributed by atoms with Gasteiger partial charge in [-0.05, 0) is 49.2 Å². The normalized spacial score (nSPS) is 16.8. The average molecular weight is 232 g/mol. The van der Waals surface area contributed by atoms with Crippen molar-refractivity contribution in [1.29, 1.82) is 0 Å². The van der Waals surface area contributed by atoms with Crippen LogP contribution < -0.4 is 10.5 Å². The highest BCUT2D eigenvalue weighted by Crippen LogP contribution is 2.32. The van der Waals surface area contributed by atoms with Gasteiger partial charge in [0.1, 0.15) is 5.75 Å². The molecule has 0 aromatic heterocycles. The Kier molecular flexibility index (Phi) is 3.38. The third kappa shape index (κ3) is 2.44. The molecule has 0 aliphatic carbocycles. The summed E-state index contributed by atoms with van der Waals surface area (Å²) in [5.41, 5.74) is 10.5. The number of hydrogen-bond donors (Lipinski definition) is 1. The first-order valence-electron chi connectivity index (χ1n) is 5.94. The van der Waals surface area contributed by atoms with Crippen LogP contribution in [0.5, 0.6) is 5.75 Å². The number of hydrogen-bond acceptors (Lipinski definition) is 3. The summed E-state index contributed by atoms with van der Waals surface area (Å²) >= 11 is 0. The van der Waals surface area contributed by atoms with Crippen molar-refractivity contribution >= 4 is 11.3 Å². The van der Waals surface area contributed by atoms with Crippen molar-refractivity contribution in [3.05, 3.63) is 29.3 Å². The maximum atomic E-state index is 5.90. The van der Waals surface area contributed by atoms with Crippen molar-refractivity contribution in [2.45, 2.75) is 13.3 Å². The zero-order chi connectivity index (χ0) is 12.4. The number of methoxy groups -OCH3 is 1. The number of anilines is 1. The number of nitrogens with two attached hydrogens (primary N) is 1. The van der Waals surface area contributed by atoms with Gasteiger partial charge in [0.25, 0.3) is 0 Å². The van der Waals surface area contributed by atoms with Crippen LogP contribution in [-0.2, 0) is 0 Å². The van der Waals surface area contributed by atoms with E-state index < -0.39 is 0 Å². The van der Waals surface area contributed by atoms with E-state index in [1.54, 1.807) is 7.11 Å². The Bertz CT molecular complexity index is 452. The molecule has 0 amide bonds. The number of nitrogens with zero attached hydrogens (tertiary/aromatic N) is 1. The van der Waals surface area contributed by atoms with E-state index in [4.69, 9.17) is 10.5 Å². The summed E-state index contributed by atoms with van der Waals surface area (Å²) in [5.74, 6) is 0.769. The molecule has 3 nitrogen and oxygen atoms in total. The molecule has 1 heterocycles. The van der Waals surface area contributed by atoms with Gasteiger partial charge in [-0.3, -0.25) is 0 Å². The van der Waals surface area contributed by atoms with E-state index in [0.29, 0.717) is 5.69 Å². The molecule has 2 N–H and O–H groups in total. The van der Waals surface area contributed by atoms with Gasteiger partial charge in [-0.2, -0.15) is 0 Å². The molecule has 1 aromatic rings. The molecule has 0 unspecified atom stereocenters. The fourth-order valence-electron chi connectivity index (χ4n) is 2.25. The standard InChI is InChI=1S/C14H20N2O/c1-10-8-13(15)14(17-3)9-12(10)11-4-6-16(2)7-5-11/h4,8-9H,5-7,15H2,1-3H3. The summed E-state index contributed by atoms with van der Waals surface area (Å²) < 4.78 is 5.29. The van der Waals surface area contributed by atoms with E-state index in [0.717, 1.165) is 25.3 Å². The van der Waals surface area contributed by atoms with Crippen LogP contribution in [0.2, 0.25) is 0 Å². The van der Waals surface area contributed by atoms with Gasteiger partial charge in [0.15, 0.2) is 0 Å². The van der Waals surface area contributed by atoms with Crippen LogP contribution in [0.15, 0.2) is 18.2 Å². The molecular formula is C14H20N2O. The van der Waals surface area contributed by atoms with Crippen molar-refractivity contribution in [2.75, 3.05) is 33.0 Å². The lowest BCUT2D eigenvalue weighted by molar-refractivity contribution is 0.370. The largest absolute Gasteiger partial charge is 0.495 e. The summed E-state index contributed by atoms with van der Waals surface area (Å²) in [5, 5.41) is 0. The number of ether oxygens (including phenoxy) is 1. The van der Waals surface area contributed by atoms with Crippen molar-refractivity contribution < 1.29 is 4.74 Å². The second-order valence-corrected chi connectivity index (χ2v) is 4.65. The molecular weight excluding hydrogens is 212 g/mol. The molecule has 0 bridgehead atoms. The van der Waals surface area contributed by atoms with Gasteiger partial charge in [-0.15, -0.1) is 0 Å². The Labute approximate surface area is 103 Å². The quantitative estimate of drug-likeness (QED) is 0.795. The molecule has 1 aromatic carbocycles. The van der Waals surface area contributed by atoms with Crippen LogP contribution in [0.3, 0.4) is 0 Å². The SMILES string of the molecule is COc1cc(C2=CCN(C)CC2)c(C)cc1N. The first kappa shape index (κ1) is 12.0. The minimum atomic E-state index is 0.710. The first-order chi connectivity index (χ1) is 8.11. The molecule has 1 aliphatic heterocycles. The molecule has 17 heavy (non-hydrogen) atoms. The van der Waals surface area contributed by atoms with E-state index in [-0.39, 0.29) is 0 Å². The van der Waals surface area contributed by atoms with Gasteiger partial charge in [-0.1, -0.05) is 6.08 Å². The predicted octanol–water partition coefficient (Wildman–Crippen LogP) is 2.30. The molecule has 3 heteroatoms. The van der Waals surface area contributed by atoms with E-state index in [9.17, 15) is 0 Å². The number of likely N-dealkylation sites (N-methyl/N-ethyl adjacent to an activating group) is 1. The van der Waals surface area contributed by atoms with Crippen molar-refractivity contribution in [2.24, 2.45) is 0 Å². The average Bonchev–Trinajstić information content (AvgIpc) is 2.31. The van der Waals surface area contributed by atoms with Crippen LogP contribution in [0.25, 0.3) is 5.57 Å². The summed E-state index contributed by atoms with van der Waals surface area (Å²) in [6, 6.07) is 4.05. The Morgan fingerprint density at radius 3 is 2.71 bits per heavy atom. The van der Waals surface area contributed by atoms with Crippen molar-refractivity contribution in [3.63, 3.8) is 0 Å². The first-order valence-corrected chi connectivity index (χ1v) is 5.94. The Morgan fingerprint density at radius 2 is 2.12 bits per heavy atom. The zero-order valence-corrected chi connectivity index (χ0v) is 10.8. The van der Waals surface area contributed by atoms with Gasteiger partial charge in [0, 0.05) is 13.1 Å². The Morgan fingerprint density at radius 1 is 1.35 bits per heavy atom. The predicted molar refractivity (Wildman–Crippen MR) is 72.2 cm³/mol. The Hall–Kier alpha value is -1.48. The number of rotatable bonds is 2. The maximum absolute atomic E-state index is 5.90. The maximum Gasteiger partial charge on any atom is 0.142 e. The van der Waals surface area contributed by atoms with E-state index in [2.05, 4.69) is 31.0 Å². The highest BCUT2D eigenvalue weighted by Gasteiger charge is 2.13. The second-order valence-electron chi connectivity index (χ2n) is 4.65. The molecule has 0 spiro atoms. The summed E-state index contributed by atoms with van der Waals surface area (Å²) in [7, 11) is 3.80. The van der Waals surface area contributed by atoms with E-state index in [1.165, 1.54) is 16.7 Å². The fraction of sp³-hybridized carbons (Fsp3) is 0.429. The highest BCUT2D eigenvalue weighted by molar-refractivity contribution is 5.73. The highest BCUT2D eigenvalue weighted by atomic mass is 16.5. The summed E-state index contributed by atoms with van der Waals surface area (Å²) in [4.78, 5) is 2.31. The molecule has 1 aliphatic rings. The lowest BCUT2D eigenvalue weighted by Gasteiger charge is -2.23. The smallest absolute Gasteiger partial charge is 0.142 e. The van der Waals surface area contributed by atoms with Crippen molar-refractivity contribution in [3.8, 4) is 5.75 Å². The van der Waals surface area contributed by atoms with Crippen LogP contribution in [-0.4, -0.2) is 32.1 Å². The molecule has 0 radical (unpaired) electrons. The van der Waals surface area contributed by atoms with Gasteiger partial charge in [0.05, 0.1) is 12.8 Å². The zero-order valence-electron chi connectivity index (χ0n) is 10.8. The number of nitrogen functional groups attached to an aromatic ring is 1. The lowest BCUT2D eigenvalue weighted by atomic mass is 9.95. The van der Waals surface area contributed by atoms with Crippen molar-refractivity contribution in [1.82, 2.24) is 4.90 Å². The molecule has 92 valence electrons. The van der Waals surface area contributed by atoms with Gasteiger partial charge in [-0.25, -0.2) is 0 Å². The third-order valence-electron chi connectivity index (χ3n) is 3.33. The number of aryl methyl sites for hydroxylation is 1. The molecule has 0 fully saturated rings. The lowest BCUT2D eigenvalue weighted by Crippen LogP contribution is -2.23. The summed E-state index contributed by atoms with van der Waals surface area (Å²) in [6.07, 6.45) is 3.38. The minimum absolute atomic E-state index is 0.710. The van der Waals surface area contributed by atoms with Gasteiger partial charge < -0.3 is 15.4 Å². The van der Waals surface area contributed by atoms with E-state index >= 15 is 0 Å². The van der Waals surface area contributed by atoms with Crippen LogP contribution >= 0.6 is 0 Å². The Balaban J connectivity index is 2.38. The second kappa shape index (κ2) is 4.80. The molecule has 2 rings (SSSR count). The molecule has 0 saturated heterocycles. The van der Waals surface area contributed by atoms with E-state index in [1.807, 2.05) is 6.07 Å². The van der Waals surface area contributed by atoms with Crippen LogP contribution in [0.4, 0.5) is 5.69 Å².